The first-order valence-electron chi connectivity index (χ1n) is 7.40. The predicted molar refractivity (Wildman–Crippen MR) is 79.4 cm³/mol. The number of amides is 1. The molecule has 0 bridgehead atoms. The van der Waals surface area contributed by atoms with Gasteiger partial charge in [-0.2, -0.15) is 0 Å². The van der Waals surface area contributed by atoms with Crippen molar-refractivity contribution < 1.29 is 24.2 Å². The summed E-state index contributed by atoms with van der Waals surface area (Å²) in [7, 11) is 0. The van der Waals surface area contributed by atoms with Gasteiger partial charge in [0, 0.05) is 6.42 Å². The molecular weight excluding hydrogens is 286 g/mol. The summed E-state index contributed by atoms with van der Waals surface area (Å²) in [6.07, 6.45) is 1.25. The van der Waals surface area contributed by atoms with Crippen LogP contribution in [0.1, 0.15) is 31.7 Å². The maximum atomic E-state index is 11.7. The Morgan fingerprint density at radius 3 is 2.68 bits per heavy atom. The third-order valence-corrected chi connectivity index (χ3v) is 3.62. The lowest BCUT2D eigenvalue weighted by molar-refractivity contribution is -0.140. The zero-order chi connectivity index (χ0) is 15.9. The molecule has 0 saturated carbocycles. The Bertz CT molecular complexity index is 505. The highest BCUT2D eigenvalue weighted by Gasteiger charge is 2.29. The summed E-state index contributed by atoms with van der Waals surface area (Å²) >= 11 is 0. The Balaban J connectivity index is 1.80. The van der Waals surface area contributed by atoms with Gasteiger partial charge in [0.25, 0.3) is 0 Å². The van der Waals surface area contributed by atoms with Gasteiger partial charge in [-0.3, -0.25) is 0 Å². The number of alkyl carbamates (subject to hydrolysis) is 1. The Hall–Kier alpha value is -2.08. The zero-order valence-corrected chi connectivity index (χ0v) is 12.5. The van der Waals surface area contributed by atoms with E-state index < -0.39 is 18.1 Å². The lowest BCUT2D eigenvalue weighted by atomic mass is 10.1. The molecule has 1 fully saturated rings. The lowest BCUT2D eigenvalue weighted by Gasteiger charge is -2.18. The molecule has 1 aliphatic rings. The van der Waals surface area contributed by atoms with E-state index >= 15 is 0 Å². The van der Waals surface area contributed by atoms with Gasteiger partial charge < -0.3 is 19.9 Å². The fourth-order valence-corrected chi connectivity index (χ4v) is 2.45. The van der Waals surface area contributed by atoms with Crippen LogP contribution in [0.4, 0.5) is 4.79 Å². The molecule has 120 valence electrons. The first-order chi connectivity index (χ1) is 10.5. The first kappa shape index (κ1) is 16.3. The van der Waals surface area contributed by atoms with Crippen LogP contribution in [0.25, 0.3) is 0 Å². The molecule has 6 nitrogen and oxygen atoms in total. The molecule has 0 aliphatic carbocycles. The Kier molecular flexibility index (Phi) is 5.77. The number of carbonyl (C=O) groups excluding carboxylic acids is 1. The average Bonchev–Trinajstić information content (AvgIpc) is 2.91. The number of benzene rings is 1. The summed E-state index contributed by atoms with van der Waals surface area (Å²) < 4.78 is 10.6. The number of aliphatic carboxylic acids is 1. The Morgan fingerprint density at radius 2 is 2.09 bits per heavy atom. The fourth-order valence-electron chi connectivity index (χ4n) is 2.45. The van der Waals surface area contributed by atoms with Crippen molar-refractivity contribution >= 4 is 12.1 Å². The van der Waals surface area contributed by atoms with Crippen molar-refractivity contribution in [3.05, 3.63) is 35.9 Å². The second-order valence-corrected chi connectivity index (χ2v) is 5.48. The van der Waals surface area contributed by atoms with Gasteiger partial charge in [0.15, 0.2) is 0 Å². The van der Waals surface area contributed by atoms with Gasteiger partial charge in [-0.05, 0) is 25.3 Å². The SMILES string of the molecule is CC1CCC(CC(NC(=O)OCc2ccccc2)C(=O)O)O1. The summed E-state index contributed by atoms with van der Waals surface area (Å²) in [6.45, 7) is 2.06. The second kappa shape index (κ2) is 7.79. The summed E-state index contributed by atoms with van der Waals surface area (Å²) in [6, 6.07) is 8.21. The molecule has 2 rings (SSSR count). The molecule has 2 N–H and O–H groups in total. The van der Waals surface area contributed by atoms with Gasteiger partial charge >= 0.3 is 12.1 Å². The van der Waals surface area contributed by atoms with Crippen LogP contribution in [0.15, 0.2) is 30.3 Å². The van der Waals surface area contributed by atoms with Crippen molar-refractivity contribution in [3.8, 4) is 0 Å². The highest BCUT2D eigenvalue weighted by atomic mass is 16.5. The molecule has 3 atom stereocenters. The molecule has 1 aromatic rings. The van der Waals surface area contributed by atoms with Crippen molar-refractivity contribution in [3.63, 3.8) is 0 Å². The third-order valence-electron chi connectivity index (χ3n) is 3.62. The van der Waals surface area contributed by atoms with Crippen LogP contribution in [-0.2, 0) is 20.9 Å². The number of ether oxygens (including phenoxy) is 2. The molecule has 1 amide bonds. The van der Waals surface area contributed by atoms with E-state index in [0.717, 1.165) is 18.4 Å². The van der Waals surface area contributed by atoms with Crippen LogP contribution >= 0.6 is 0 Å². The topological polar surface area (TPSA) is 84.9 Å². The van der Waals surface area contributed by atoms with E-state index in [2.05, 4.69) is 5.32 Å². The summed E-state index contributed by atoms with van der Waals surface area (Å²) in [5.74, 6) is -1.08. The molecule has 1 saturated heterocycles. The van der Waals surface area contributed by atoms with Crippen LogP contribution in [0, 0.1) is 0 Å². The molecule has 22 heavy (non-hydrogen) atoms. The van der Waals surface area contributed by atoms with E-state index in [1.54, 1.807) is 0 Å². The summed E-state index contributed by atoms with van der Waals surface area (Å²) in [5.41, 5.74) is 0.845. The van der Waals surface area contributed by atoms with Crippen LogP contribution < -0.4 is 5.32 Å². The number of carboxylic acids is 1. The highest BCUT2D eigenvalue weighted by Crippen LogP contribution is 2.22. The summed E-state index contributed by atoms with van der Waals surface area (Å²) in [5, 5.41) is 11.6. The molecular formula is C16H21NO5. The lowest BCUT2D eigenvalue weighted by Crippen LogP contribution is -2.43. The zero-order valence-electron chi connectivity index (χ0n) is 12.5. The minimum absolute atomic E-state index is 0.107. The van der Waals surface area contributed by atoms with Crippen molar-refractivity contribution in [1.29, 1.82) is 0 Å². The van der Waals surface area contributed by atoms with Gasteiger partial charge in [0.05, 0.1) is 12.2 Å². The number of carbonyl (C=O) groups is 2. The first-order valence-corrected chi connectivity index (χ1v) is 7.40. The second-order valence-electron chi connectivity index (χ2n) is 5.48. The molecule has 0 spiro atoms. The van der Waals surface area contributed by atoms with E-state index in [4.69, 9.17) is 9.47 Å². The molecule has 1 aliphatic heterocycles. The number of hydrogen-bond acceptors (Lipinski definition) is 4. The largest absolute Gasteiger partial charge is 0.480 e. The normalized spacial score (nSPS) is 22.0. The van der Waals surface area contributed by atoms with Crippen molar-refractivity contribution in [2.75, 3.05) is 0 Å². The summed E-state index contributed by atoms with van der Waals surface area (Å²) in [4.78, 5) is 23.0. The van der Waals surface area contributed by atoms with Crippen LogP contribution in [0.2, 0.25) is 0 Å². The molecule has 6 heteroatoms. The average molecular weight is 307 g/mol. The van der Waals surface area contributed by atoms with Gasteiger partial charge in [-0.15, -0.1) is 0 Å². The smallest absolute Gasteiger partial charge is 0.408 e. The molecule has 0 aromatic heterocycles. The van der Waals surface area contributed by atoms with E-state index in [0.29, 0.717) is 0 Å². The maximum Gasteiger partial charge on any atom is 0.408 e. The number of carboxylic acid groups (broad SMARTS) is 1. The number of hydrogen-bond donors (Lipinski definition) is 2. The third kappa shape index (κ3) is 5.04. The molecule has 3 unspecified atom stereocenters. The maximum absolute atomic E-state index is 11.7. The quantitative estimate of drug-likeness (QED) is 0.842. The van der Waals surface area contributed by atoms with Gasteiger partial charge in [0.1, 0.15) is 12.6 Å². The number of nitrogens with one attached hydrogen (secondary N) is 1. The molecule has 0 radical (unpaired) electrons. The highest BCUT2D eigenvalue weighted by molar-refractivity contribution is 5.79. The van der Waals surface area contributed by atoms with Gasteiger partial charge in [-0.25, -0.2) is 9.59 Å². The Morgan fingerprint density at radius 1 is 1.36 bits per heavy atom. The van der Waals surface area contributed by atoms with Crippen molar-refractivity contribution in [2.45, 2.75) is 51.0 Å². The van der Waals surface area contributed by atoms with Crippen LogP contribution in [-0.4, -0.2) is 35.4 Å². The minimum atomic E-state index is -1.08. The Labute approximate surface area is 129 Å². The van der Waals surface area contributed by atoms with E-state index in [9.17, 15) is 14.7 Å². The standard InChI is InChI=1S/C16H21NO5/c1-11-7-8-13(22-11)9-14(15(18)19)17-16(20)21-10-12-5-3-2-4-6-12/h2-6,11,13-14H,7-10H2,1H3,(H,17,20)(H,18,19). The predicted octanol–water partition coefficient (Wildman–Crippen LogP) is 2.32. The van der Waals surface area contributed by atoms with Gasteiger partial charge in [-0.1, -0.05) is 30.3 Å². The van der Waals surface area contributed by atoms with Crippen LogP contribution in [0.3, 0.4) is 0 Å². The van der Waals surface area contributed by atoms with Crippen LogP contribution in [0.5, 0.6) is 0 Å². The van der Waals surface area contributed by atoms with E-state index in [-0.39, 0.29) is 25.2 Å². The fraction of sp³-hybridized carbons (Fsp3) is 0.500. The van der Waals surface area contributed by atoms with Crippen molar-refractivity contribution in [1.82, 2.24) is 5.32 Å². The monoisotopic (exact) mass is 307 g/mol. The number of rotatable bonds is 6. The molecule has 1 aromatic carbocycles. The molecule has 1 heterocycles. The van der Waals surface area contributed by atoms with E-state index in [1.165, 1.54) is 0 Å². The minimum Gasteiger partial charge on any atom is -0.480 e. The van der Waals surface area contributed by atoms with Gasteiger partial charge in [0.2, 0.25) is 0 Å². The van der Waals surface area contributed by atoms with Crippen molar-refractivity contribution in [2.24, 2.45) is 0 Å². The van der Waals surface area contributed by atoms with E-state index in [1.807, 2.05) is 37.3 Å².